The van der Waals surface area contributed by atoms with Gasteiger partial charge in [-0.1, -0.05) is 32.0 Å². The van der Waals surface area contributed by atoms with Crippen molar-refractivity contribution in [3.63, 3.8) is 0 Å². The number of benzene rings is 1. The third kappa shape index (κ3) is 1.84. The van der Waals surface area contributed by atoms with Gasteiger partial charge in [0.1, 0.15) is 11.3 Å². The number of imidazole rings is 1. The van der Waals surface area contributed by atoms with Gasteiger partial charge in [0.25, 0.3) is 0 Å². The predicted molar refractivity (Wildman–Crippen MR) is 79.0 cm³/mol. The second kappa shape index (κ2) is 4.23. The van der Waals surface area contributed by atoms with E-state index in [9.17, 15) is 0 Å². The molecule has 2 heterocycles. The third-order valence-electron chi connectivity index (χ3n) is 3.35. The molecule has 1 aromatic carbocycles. The van der Waals surface area contributed by atoms with Gasteiger partial charge in [-0.05, 0) is 18.9 Å². The molecule has 4 heteroatoms. The van der Waals surface area contributed by atoms with E-state index in [1.165, 1.54) is 0 Å². The first-order chi connectivity index (χ1) is 9.08. The third-order valence-corrected chi connectivity index (χ3v) is 3.35. The molecular weight excluding hydrogens is 236 g/mol. The van der Waals surface area contributed by atoms with Crippen molar-refractivity contribution in [3.8, 4) is 0 Å². The molecule has 0 aliphatic carbocycles. The molecule has 2 aromatic heterocycles. The highest BCUT2D eigenvalue weighted by Gasteiger charge is 2.15. The van der Waals surface area contributed by atoms with Crippen LogP contribution in [0.3, 0.4) is 0 Å². The van der Waals surface area contributed by atoms with Crippen LogP contribution in [-0.2, 0) is 6.54 Å². The Morgan fingerprint density at radius 2 is 1.95 bits per heavy atom. The molecule has 0 aliphatic rings. The average molecular weight is 254 g/mol. The molecule has 2 N–H and O–H groups in total. The van der Waals surface area contributed by atoms with Crippen molar-refractivity contribution >= 4 is 27.8 Å². The Morgan fingerprint density at radius 3 is 2.68 bits per heavy atom. The van der Waals surface area contributed by atoms with Crippen molar-refractivity contribution in [1.29, 1.82) is 0 Å². The van der Waals surface area contributed by atoms with E-state index >= 15 is 0 Å². The molecule has 0 amide bonds. The zero-order chi connectivity index (χ0) is 13.6. The van der Waals surface area contributed by atoms with Gasteiger partial charge in [0, 0.05) is 11.9 Å². The largest absolute Gasteiger partial charge is 0.382 e. The molecule has 3 rings (SSSR count). The number of aryl methyl sites for hydroxylation is 1. The zero-order valence-corrected chi connectivity index (χ0v) is 11.5. The second-order valence-corrected chi connectivity index (χ2v) is 5.37. The summed E-state index contributed by atoms with van der Waals surface area (Å²) in [5, 5.41) is 1.12. The Morgan fingerprint density at radius 1 is 1.21 bits per heavy atom. The maximum absolute atomic E-state index is 6.05. The Hall–Kier alpha value is -2.10. The Balaban J connectivity index is 2.45. The summed E-state index contributed by atoms with van der Waals surface area (Å²) >= 11 is 0. The van der Waals surface area contributed by atoms with E-state index in [2.05, 4.69) is 34.4 Å². The monoisotopic (exact) mass is 254 g/mol. The van der Waals surface area contributed by atoms with Gasteiger partial charge in [0.05, 0.1) is 11.0 Å². The molecular formula is C15H18N4. The van der Waals surface area contributed by atoms with E-state index in [-0.39, 0.29) is 0 Å². The number of nitrogens with two attached hydrogens (primary N) is 1. The lowest BCUT2D eigenvalue weighted by molar-refractivity contribution is 0.524. The summed E-state index contributed by atoms with van der Waals surface area (Å²) in [6, 6.07) is 8.09. The van der Waals surface area contributed by atoms with Crippen molar-refractivity contribution in [1.82, 2.24) is 14.5 Å². The highest BCUT2D eigenvalue weighted by Crippen LogP contribution is 2.28. The summed E-state index contributed by atoms with van der Waals surface area (Å²) < 4.78 is 2.25. The van der Waals surface area contributed by atoms with Gasteiger partial charge in [-0.3, -0.25) is 0 Å². The van der Waals surface area contributed by atoms with Crippen LogP contribution < -0.4 is 5.73 Å². The molecule has 0 bridgehead atoms. The van der Waals surface area contributed by atoms with E-state index in [4.69, 9.17) is 5.73 Å². The number of anilines is 1. The highest BCUT2D eigenvalue weighted by molar-refractivity contribution is 6.06. The van der Waals surface area contributed by atoms with Gasteiger partial charge in [-0.2, -0.15) is 0 Å². The SMILES string of the molecule is Cc1nc2c(N)nc3ccccc3c2n1CC(C)C. The Kier molecular flexibility index (Phi) is 2.66. The average Bonchev–Trinajstić information content (AvgIpc) is 2.68. The van der Waals surface area contributed by atoms with Crippen LogP contribution in [0.5, 0.6) is 0 Å². The topological polar surface area (TPSA) is 56.7 Å². The van der Waals surface area contributed by atoms with E-state index in [0.717, 1.165) is 34.3 Å². The summed E-state index contributed by atoms with van der Waals surface area (Å²) in [4.78, 5) is 9.03. The minimum Gasteiger partial charge on any atom is -0.382 e. The van der Waals surface area contributed by atoms with Crippen LogP contribution in [0, 0.1) is 12.8 Å². The molecule has 4 nitrogen and oxygen atoms in total. The van der Waals surface area contributed by atoms with Gasteiger partial charge in [0.2, 0.25) is 0 Å². The van der Waals surface area contributed by atoms with E-state index in [1.807, 2.05) is 25.1 Å². The van der Waals surface area contributed by atoms with Crippen LogP contribution in [0.25, 0.3) is 21.9 Å². The standard InChI is InChI=1S/C15H18N4/c1-9(2)8-19-10(3)17-13-14(19)11-6-4-5-7-12(11)18-15(13)16/h4-7,9H,8H2,1-3H3,(H2,16,18). The van der Waals surface area contributed by atoms with Crippen LogP contribution in [0.1, 0.15) is 19.7 Å². The first-order valence-corrected chi connectivity index (χ1v) is 6.59. The van der Waals surface area contributed by atoms with Gasteiger partial charge < -0.3 is 10.3 Å². The molecule has 0 saturated heterocycles. The molecule has 19 heavy (non-hydrogen) atoms. The lowest BCUT2D eigenvalue weighted by Gasteiger charge is -2.11. The number of hydrogen-bond donors (Lipinski definition) is 1. The van der Waals surface area contributed by atoms with E-state index in [0.29, 0.717) is 11.7 Å². The number of hydrogen-bond acceptors (Lipinski definition) is 3. The number of aromatic nitrogens is 3. The summed E-state index contributed by atoms with van der Waals surface area (Å²) in [7, 11) is 0. The quantitative estimate of drug-likeness (QED) is 0.764. The number of para-hydroxylation sites is 1. The molecule has 0 unspecified atom stereocenters. The van der Waals surface area contributed by atoms with Gasteiger partial charge in [0.15, 0.2) is 5.82 Å². The molecule has 0 fully saturated rings. The molecule has 0 spiro atoms. The highest BCUT2D eigenvalue weighted by atomic mass is 15.1. The normalized spacial score (nSPS) is 11.8. The summed E-state index contributed by atoms with van der Waals surface area (Å²) in [5.41, 5.74) is 8.90. The summed E-state index contributed by atoms with van der Waals surface area (Å²) in [6.45, 7) is 7.38. The smallest absolute Gasteiger partial charge is 0.152 e. The van der Waals surface area contributed by atoms with Crippen molar-refractivity contribution in [2.24, 2.45) is 5.92 Å². The number of nitrogen functional groups attached to an aromatic ring is 1. The fourth-order valence-corrected chi connectivity index (χ4v) is 2.56. The second-order valence-electron chi connectivity index (χ2n) is 5.37. The van der Waals surface area contributed by atoms with Crippen molar-refractivity contribution in [2.75, 3.05) is 5.73 Å². The maximum Gasteiger partial charge on any atom is 0.152 e. The number of nitrogens with zero attached hydrogens (tertiary/aromatic N) is 3. The van der Waals surface area contributed by atoms with E-state index < -0.39 is 0 Å². The maximum atomic E-state index is 6.05. The van der Waals surface area contributed by atoms with Crippen LogP contribution in [0.15, 0.2) is 24.3 Å². The van der Waals surface area contributed by atoms with Gasteiger partial charge in [-0.25, -0.2) is 9.97 Å². The van der Waals surface area contributed by atoms with E-state index in [1.54, 1.807) is 0 Å². The summed E-state index contributed by atoms with van der Waals surface area (Å²) in [6.07, 6.45) is 0. The molecule has 98 valence electrons. The number of pyridine rings is 1. The predicted octanol–water partition coefficient (Wildman–Crippen LogP) is 3.13. The number of fused-ring (bicyclic) bond motifs is 3. The molecule has 0 aliphatic heterocycles. The number of rotatable bonds is 2. The van der Waals surface area contributed by atoms with Gasteiger partial charge >= 0.3 is 0 Å². The fraction of sp³-hybridized carbons (Fsp3) is 0.333. The van der Waals surface area contributed by atoms with Crippen molar-refractivity contribution in [2.45, 2.75) is 27.3 Å². The fourth-order valence-electron chi connectivity index (χ4n) is 2.56. The Bertz CT molecular complexity index is 756. The van der Waals surface area contributed by atoms with Crippen molar-refractivity contribution in [3.05, 3.63) is 30.1 Å². The minimum atomic E-state index is 0.513. The molecule has 0 saturated carbocycles. The molecule has 3 aromatic rings. The lowest BCUT2D eigenvalue weighted by atomic mass is 10.1. The first kappa shape index (κ1) is 12.0. The van der Waals surface area contributed by atoms with Crippen LogP contribution in [0.4, 0.5) is 5.82 Å². The minimum absolute atomic E-state index is 0.513. The van der Waals surface area contributed by atoms with Gasteiger partial charge in [-0.15, -0.1) is 0 Å². The van der Waals surface area contributed by atoms with Crippen LogP contribution >= 0.6 is 0 Å². The molecule has 0 radical (unpaired) electrons. The zero-order valence-electron chi connectivity index (χ0n) is 11.5. The van der Waals surface area contributed by atoms with Crippen LogP contribution in [-0.4, -0.2) is 14.5 Å². The first-order valence-electron chi connectivity index (χ1n) is 6.59. The Labute approximate surface area is 112 Å². The van der Waals surface area contributed by atoms with Crippen LogP contribution in [0.2, 0.25) is 0 Å². The molecule has 0 atom stereocenters. The lowest BCUT2D eigenvalue weighted by Crippen LogP contribution is -2.06. The van der Waals surface area contributed by atoms with Crippen molar-refractivity contribution < 1.29 is 0 Å². The summed E-state index contributed by atoms with van der Waals surface area (Å²) in [5.74, 6) is 2.07.